The summed E-state index contributed by atoms with van der Waals surface area (Å²) in [4.78, 5) is 32.4. The molecule has 0 saturated heterocycles. The molecule has 7 nitrogen and oxygen atoms in total. The molecule has 1 aromatic carbocycles. The molecule has 30 heavy (non-hydrogen) atoms. The van der Waals surface area contributed by atoms with Crippen LogP contribution in [0.3, 0.4) is 0 Å². The Kier molecular flexibility index (Phi) is 3.41. The summed E-state index contributed by atoms with van der Waals surface area (Å²) in [5, 5.41) is 0. The van der Waals surface area contributed by atoms with Crippen molar-refractivity contribution in [3.05, 3.63) is 75.7 Å². The van der Waals surface area contributed by atoms with Crippen molar-refractivity contribution in [1.82, 2.24) is 19.0 Å². The molecular weight excluding hydrogens is 380 g/mol. The first-order chi connectivity index (χ1) is 14.5. The molecule has 0 spiro atoms. The summed E-state index contributed by atoms with van der Waals surface area (Å²) in [7, 11) is 0. The lowest BCUT2D eigenvalue weighted by molar-refractivity contribution is 0.0678. The van der Waals surface area contributed by atoms with Gasteiger partial charge in [0.05, 0.1) is 17.4 Å². The van der Waals surface area contributed by atoms with Gasteiger partial charge in [0.1, 0.15) is 23.2 Å². The minimum atomic E-state index is -0.162. The molecular formula is C23H22N4O3. The highest BCUT2D eigenvalue weighted by Gasteiger charge is 2.64. The normalized spacial score (nSPS) is 23.6. The van der Waals surface area contributed by atoms with Gasteiger partial charge in [-0.25, -0.2) is 4.98 Å². The third-order valence-corrected chi connectivity index (χ3v) is 6.66. The van der Waals surface area contributed by atoms with E-state index in [0.29, 0.717) is 31.0 Å². The molecule has 2 unspecified atom stereocenters. The van der Waals surface area contributed by atoms with Gasteiger partial charge >= 0.3 is 0 Å². The van der Waals surface area contributed by atoms with E-state index in [9.17, 15) is 9.59 Å². The third-order valence-electron chi connectivity index (χ3n) is 6.66. The molecule has 2 atom stereocenters. The molecule has 1 aliphatic carbocycles. The quantitative estimate of drug-likeness (QED) is 0.674. The Hall–Kier alpha value is -3.35. The maximum Gasteiger partial charge on any atom is 0.275 e. The van der Waals surface area contributed by atoms with Gasteiger partial charge in [0.25, 0.3) is 11.5 Å². The highest BCUT2D eigenvalue weighted by molar-refractivity contribution is 5.93. The maximum absolute atomic E-state index is 13.3. The van der Waals surface area contributed by atoms with Gasteiger partial charge in [-0.2, -0.15) is 0 Å². The fraction of sp³-hybridized carbons (Fsp3) is 0.348. The van der Waals surface area contributed by atoms with Crippen LogP contribution in [0.5, 0.6) is 5.75 Å². The molecule has 2 aliphatic heterocycles. The van der Waals surface area contributed by atoms with E-state index >= 15 is 0 Å². The summed E-state index contributed by atoms with van der Waals surface area (Å²) in [6, 6.07) is 9.75. The number of fused-ring (bicyclic) bond motifs is 4. The second-order valence-electron chi connectivity index (χ2n) is 8.68. The Bertz CT molecular complexity index is 1270. The van der Waals surface area contributed by atoms with Gasteiger partial charge in [0.2, 0.25) is 0 Å². The Labute approximate surface area is 173 Å². The van der Waals surface area contributed by atoms with Crippen LogP contribution in [0.1, 0.15) is 33.7 Å². The van der Waals surface area contributed by atoms with Gasteiger partial charge in [0, 0.05) is 37.8 Å². The summed E-state index contributed by atoms with van der Waals surface area (Å²) >= 11 is 0. The Morgan fingerprint density at radius 1 is 1.17 bits per heavy atom. The predicted molar refractivity (Wildman–Crippen MR) is 110 cm³/mol. The molecule has 0 bridgehead atoms. The number of hydrogen-bond acceptors (Lipinski definition) is 4. The van der Waals surface area contributed by atoms with Crippen LogP contribution in [-0.4, -0.2) is 44.1 Å². The average Bonchev–Trinajstić information content (AvgIpc) is 3.08. The predicted octanol–water partition coefficient (Wildman–Crippen LogP) is 2.21. The van der Waals surface area contributed by atoms with Gasteiger partial charge in [0.15, 0.2) is 0 Å². The number of amides is 1. The van der Waals surface area contributed by atoms with E-state index in [1.165, 1.54) is 11.1 Å². The summed E-state index contributed by atoms with van der Waals surface area (Å²) < 4.78 is 9.37. The standard InChI is InChI=1S/C23H22N4O3/c1-14-3-6-19-16(9-14)23(10-20(23)30-19)12-25-7-8-27-18(21(25)28)5-4-17(22(27)29)26-11-15(2)24-13-26/h3-6,9,11,13,20H,7-8,10,12H2,1-2H3. The van der Waals surface area contributed by atoms with Gasteiger partial charge < -0.3 is 18.8 Å². The zero-order valence-corrected chi connectivity index (χ0v) is 17.0. The lowest BCUT2D eigenvalue weighted by atomic mass is 9.93. The number of benzene rings is 1. The van der Waals surface area contributed by atoms with Crippen LogP contribution in [0.15, 0.2) is 47.7 Å². The Morgan fingerprint density at radius 3 is 2.83 bits per heavy atom. The molecule has 2 aromatic heterocycles. The average molecular weight is 402 g/mol. The number of aromatic nitrogens is 3. The van der Waals surface area contributed by atoms with Gasteiger partial charge in [-0.15, -0.1) is 0 Å². The van der Waals surface area contributed by atoms with Crippen LogP contribution in [0.25, 0.3) is 5.69 Å². The highest BCUT2D eigenvalue weighted by atomic mass is 16.5. The number of carbonyl (C=O) groups excluding carboxylic acids is 1. The second-order valence-corrected chi connectivity index (χ2v) is 8.68. The molecule has 7 heteroatoms. The molecule has 0 N–H and O–H groups in total. The summed E-state index contributed by atoms with van der Waals surface area (Å²) in [5.41, 5.74) is 3.95. The van der Waals surface area contributed by atoms with Crippen LogP contribution in [0.2, 0.25) is 0 Å². The number of pyridine rings is 1. The van der Waals surface area contributed by atoms with Gasteiger partial charge in [-0.05, 0) is 32.0 Å². The number of imidazole rings is 1. The summed E-state index contributed by atoms with van der Waals surface area (Å²) in [6.07, 6.45) is 4.53. The monoisotopic (exact) mass is 402 g/mol. The number of ether oxygens (including phenoxy) is 1. The molecule has 6 rings (SSSR count). The molecule has 152 valence electrons. The van der Waals surface area contributed by atoms with E-state index in [1.807, 2.05) is 24.1 Å². The molecule has 1 saturated carbocycles. The van der Waals surface area contributed by atoms with E-state index in [2.05, 4.69) is 24.0 Å². The number of carbonyl (C=O) groups is 1. The lowest BCUT2D eigenvalue weighted by Crippen LogP contribution is -2.47. The molecule has 1 amide bonds. The third kappa shape index (κ3) is 2.35. The topological polar surface area (TPSA) is 69.4 Å². The first-order valence-electron chi connectivity index (χ1n) is 10.3. The van der Waals surface area contributed by atoms with Crippen LogP contribution in [0.4, 0.5) is 0 Å². The maximum atomic E-state index is 13.3. The van der Waals surface area contributed by atoms with E-state index in [4.69, 9.17) is 4.74 Å². The second kappa shape index (κ2) is 5.84. The number of aryl methyl sites for hydroxylation is 2. The van der Waals surface area contributed by atoms with Crippen LogP contribution in [0, 0.1) is 13.8 Å². The van der Waals surface area contributed by atoms with Gasteiger partial charge in [-0.3, -0.25) is 9.59 Å². The molecule has 3 aliphatic rings. The van der Waals surface area contributed by atoms with Crippen molar-refractivity contribution in [3.63, 3.8) is 0 Å². The zero-order valence-electron chi connectivity index (χ0n) is 17.0. The van der Waals surface area contributed by atoms with Crippen LogP contribution < -0.4 is 10.3 Å². The number of hydrogen-bond donors (Lipinski definition) is 0. The minimum Gasteiger partial charge on any atom is -0.489 e. The number of nitrogens with zero attached hydrogens (tertiary/aromatic N) is 4. The first kappa shape index (κ1) is 17.5. The SMILES string of the molecule is Cc1ccc2c(c1)C1(CN3CCn4c(ccc(-n5cnc(C)c5)c4=O)C3=O)CC1O2. The van der Waals surface area contributed by atoms with Crippen molar-refractivity contribution in [2.75, 3.05) is 13.1 Å². The van der Waals surface area contributed by atoms with Crippen molar-refractivity contribution in [3.8, 4) is 11.4 Å². The summed E-state index contributed by atoms with van der Waals surface area (Å²) in [5.74, 6) is 0.853. The smallest absolute Gasteiger partial charge is 0.275 e. The van der Waals surface area contributed by atoms with Crippen molar-refractivity contribution in [2.45, 2.75) is 38.3 Å². The van der Waals surface area contributed by atoms with Crippen LogP contribution >= 0.6 is 0 Å². The van der Waals surface area contributed by atoms with Crippen molar-refractivity contribution < 1.29 is 9.53 Å². The summed E-state index contributed by atoms with van der Waals surface area (Å²) in [6.45, 7) is 5.60. The largest absolute Gasteiger partial charge is 0.489 e. The fourth-order valence-electron chi connectivity index (χ4n) is 4.95. The Morgan fingerprint density at radius 2 is 2.03 bits per heavy atom. The molecule has 4 heterocycles. The van der Waals surface area contributed by atoms with E-state index in [0.717, 1.165) is 17.9 Å². The van der Waals surface area contributed by atoms with E-state index in [-0.39, 0.29) is 23.0 Å². The first-order valence-corrected chi connectivity index (χ1v) is 10.3. The Balaban J connectivity index is 1.31. The van der Waals surface area contributed by atoms with Crippen molar-refractivity contribution in [1.29, 1.82) is 0 Å². The minimum absolute atomic E-state index is 0.0900. The number of rotatable bonds is 3. The molecule has 1 fully saturated rings. The van der Waals surface area contributed by atoms with E-state index < -0.39 is 0 Å². The van der Waals surface area contributed by atoms with Gasteiger partial charge in [-0.1, -0.05) is 17.7 Å². The zero-order chi connectivity index (χ0) is 20.6. The highest BCUT2D eigenvalue weighted by Crippen LogP contribution is 2.59. The van der Waals surface area contributed by atoms with E-state index in [1.54, 1.807) is 27.6 Å². The molecule has 0 radical (unpaired) electrons. The van der Waals surface area contributed by atoms with Crippen molar-refractivity contribution >= 4 is 5.91 Å². The fourth-order valence-corrected chi connectivity index (χ4v) is 4.95. The van der Waals surface area contributed by atoms with Crippen molar-refractivity contribution in [2.24, 2.45) is 0 Å². The molecule has 3 aromatic rings. The lowest BCUT2D eigenvalue weighted by Gasteiger charge is -2.32. The van der Waals surface area contributed by atoms with Crippen LogP contribution in [-0.2, 0) is 12.0 Å².